The Labute approximate surface area is 157 Å². The normalized spacial score (nSPS) is 14.7. The van der Waals surface area contributed by atoms with Gasteiger partial charge in [0, 0.05) is 12.8 Å². The standard InChI is InChI=1S/C22H21NO4/c1-14-13-23-22(26-14)20(12-21(24)25)15-6-8-18(9-7-15)27-19-10-16-4-2-3-5-17(16)11-19/h2-9,13,19-20H,10-12H2,1H3,(H,24,25). The molecule has 27 heavy (non-hydrogen) atoms. The molecule has 1 aromatic heterocycles. The molecule has 4 rings (SSSR count). The molecule has 1 aliphatic carbocycles. The summed E-state index contributed by atoms with van der Waals surface area (Å²) in [5.74, 6) is 0.575. The van der Waals surface area contributed by atoms with Gasteiger partial charge in [-0.1, -0.05) is 36.4 Å². The summed E-state index contributed by atoms with van der Waals surface area (Å²) in [5.41, 5.74) is 3.54. The number of benzene rings is 2. The second-order valence-electron chi connectivity index (χ2n) is 6.95. The number of ether oxygens (including phenoxy) is 1. The van der Waals surface area contributed by atoms with Crippen molar-refractivity contribution in [2.45, 2.75) is 38.2 Å². The third-order valence-corrected chi connectivity index (χ3v) is 4.91. The van der Waals surface area contributed by atoms with E-state index in [0.717, 1.165) is 24.2 Å². The molecular weight excluding hydrogens is 342 g/mol. The zero-order chi connectivity index (χ0) is 18.8. The van der Waals surface area contributed by atoms with E-state index >= 15 is 0 Å². The molecular formula is C22H21NO4. The molecule has 1 atom stereocenters. The molecule has 3 aromatic rings. The Kier molecular flexibility index (Phi) is 4.67. The molecule has 2 aromatic carbocycles. The zero-order valence-corrected chi connectivity index (χ0v) is 15.1. The maximum Gasteiger partial charge on any atom is 0.304 e. The van der Waals surface area contributed by atoms with E-state index < -0.39 is 11.9 Å². The summed E-state index contributed by atoms with van der Waals surface area (Å²) in [7, 11) is 0. The van der Waals surface area contributed by atoms with Gasteiger partial charge in [-0.2, -0.15) is 0 Å². The highest BCUT2D eigenvalue weighted by Gasteiger charge is 2.24. The fraction of sp³-hybridized carbons (Fsp3) is 0.273. The first-order valence-corrected chi connectivity index (χ1v) is 9.06. The van der Waals surface area contributed by atoms with Gasteiger partial charge in [-0.25, -0.2) is 4.98 Å². The van der Waals surface area contributed by atoms with Gasteiger partial charge in [0.25, 0.3) is 0 Å². The first-order chi connectivity index (χ1) is 13.1. The summed E-state index contributed by atoms with van der Waals surface area (Å²) < 4.78 is 11.7. The monoisotopic (exact) mass is 363 g/mol. The highest BCUT2D eigenvalue weighted by molar-refractivity contribution is 5.68. The lowest BCUT2D eigenvalue weighted by atomic mass is 9.95. The topological polar surface area (TPSA) is 72.6 Å². The molecule has 5 heteroatoms. The van der Waals surface area contributed by atoms with Gasteiger partial charge < -0.3 is 14.3 Å². The smallest absolute Gasteiger partial charge is 0.304 e. The molecule has 0 aliphatic heterocycles. The van der Waals surface area contributed by atoms with E-state index in [2.05, 4.69) is 29.2 Å². The van der Waals surface area contributed by atoms with E-state index in [0.29, 0.717) is 11.7 Å². The summed E-state index contributed by atoms with van der Waals surface area (Å²) in [6.45, 7) is 1.80. The van der Waals surface area contributed by atoms with Gasteiger partial charge >= 0.3 is 5.97 Å². The number of aromatic nitrogens is 1. The van der Waals surface area contributed by atoms with Crippen LogP contribution in [0.4, 0.5) is 0 Å². The molecule has 1 aliphatic rings. The predicted octanol–water partition coefficient (Wildman–Crippen LogP) is 4.14. The summed E-state index contributed by atoms with van der Waals surface area (Å²) in [6, 6.07) is 16.0. The van der Waals surface area contributed by atoms with Crippen molar-refractivity contribution < 1.29 is 19.1 Å². The van der Waals surface area contributed by atoms with Gasteiger partial charge in [0.05, 0.1) is 18.5 Å². The summed E-state index contributed by atoms with van der Waals surface area (Å²) in [5, 5.41) is 9.25. The van der Waals surface area contributed by atoms with Crippen LogP contribution in [0.15, 0.2) is 59.1 Å². The van der Waals surface area contributed by atoms with Crippen molar-refractivity contribution in [3.8, 4) is 5.75 Å². The Morgan fingerprint density at radius 2 is 1.85 bits per heavy atom. The third kappa shape index (κ3) is 3.87. The summed E-state index contributed by atoms with van der Waals surface area (Å²) in [4.78, 5) is 15.5. The minimum atomic E-state index is -0.889. The Hall–Kier alpha value is -3.08. The van der Waals surface area contributed by atoms with Gasteiger partial charge in [-0.15, -0.1) is 0 Å². The number of fused-ring (bicyclic) bond motifs is 1. The van der Waals surface area contributed by atoms with Crippen LogP contribution >= 0.6 is 0 Å². The van der Waals surface area contributed by atoms with E-state index in [1.54, 1.807) is 13.1 Å². The average molecular weight is 363 g/mol. The van der Waals surface area contributed by atoms with Crippen molar-refractivity contribution in [2.75, 3.05) is 0 Å². The second kappa shape index (κ2) is 7.27. The SMILES string of the molecule is Cc1cnc(C(CC(=O)O)c2ccc(OC3Cc4ccccc4C3)cc2)o1. The maximum atomic E-state index is 11.3. The van der Waals surface area contributed by atoms with E-state index in [1.165, 1.54) is 11.1 Å². The van der Waals surface area contributed by atoms with Crippen molar-refractivity contribution in [1.82, 2.24) is 4.98 Å². The van der Waals surface area contributed by atoms with Crippen molar-refractivity contribution in [3.63, 3.8) is 0 Å². The van der Waals surface area contributed by atoms with Crippen LogP contribution in [0.5, 0.6) is 5.75 Å². The molecule has 138 valence electrons. The van der Waals surface area contributed by atoms with Gasteiger partial charge in [0.1, 0.15) is 17.6 Å². The van der Waals surface area contributed by atoms with E-state index in [9.17, 15) is 9.90 Å². The number of oxazole rings is 1. The second-order valence-corrected chi connectivity index (χ2v) is 6.95. The lowest BCUT2D eigenvalue weighted by molar-refractivity contribution is -0.137. The molecule has 1 heterocycles. The van der Waals surface area contributed by atoms with Crippen molar-refractivity contribution in [2.24, 2.45) is 0 Å². The van der Waals surface area contributed by atoms with Crippen LogP contribution < -0.4 is 4.74 Å². The predicted molar refractivity (Wildman–Crippen MR) is 100 cm³/mol. The van der Waals surface area contributed by atoms with Crippen LogP contribution in [0.3, 0.4) is 0 Å². The number of aryl methyl sites for hydroxylation is 1. The van der Waals surface area contributed by atoms with Crippen molar-refractivity contribution in [3.05, 3.63) is 83.1 Å². The molecule has 0 saturated carbocycles. The van der Waals surface area contributed by atoms with Crippen LogP contribution in [0, 0.1) is 6.92 Å². The lowest BCUT2D eigenvalue weighted by Crippen LogP contribution is -2.16. The maximum absolute atomic E-state index is 11.3. The fourth-order valence-electron chi connectivity index (χ4n) is 3.63. The minimum Gasteiger partial charge on any atom is -0.490 e. The number of hydrogen-bond acceptors (Lipinski definition) is 4. The summed E-state index contributed by atoms with van der Waals surface area (Å²) in [6.07, 6.45) is 3.50. The van der Waals surface area contributed by atoms with Gasteiger partial charge in [-0.3, -0.25) is 4.79 Å². The van der Waals surface area contributed by atoms with Gasteiger partial charge in [-0.05, 0) is 35.7 Å². The lowest BCUT2D eigenvalue weighted by Gasteiger charge is -2.15. The molecule has 1 unspecified atom stereocenters. The molecule has 5 nitrogen and oxygen atoms in total. The highest BCUT2D eigenvalue weighted by Crippen LogP contribution is 2.30. The minimum absolute atomic E-state index is 0.0713. The molecule has 0 bridgehead atoms. The number of carboxylic acids is 1. The number of nitrogens with zero attached hydrogens (tertiary/aromatic N) is 1. The van der Waals surface area contributed by atoms with Gasteiger partial charge in [0.15, 0.2) is 0 Å². The molecule has 1 N–H and O–H groups in total. The molecule has 0 spiro atoms. The van der Waals surface area contributed by atoms with Crippen LogP contribution in [0.1, 0.15) is 40.7 Å². The zero-order valence-electron chi connectivity index (χ0n) is 15.1. The van der Waals surface area contributed by atoms with Crippen molar-refractivity contribution >= 4 is 5.97 Å². The Morgan fingerprint density at radius 3 is 2.41 bits per heavy atom. The number of rotatable bonds is 6. The van der Waals surface area contributed by atoms with Crippen LogP contribution in [-0.2, 0) is 17.6 Å². The first kappa shape index (κ1) is 17.3. The quantitative estimate of drug-likeness (QED) is 0.713. The third-order valence-electron chi connectivity index (χ3n) is 4.91. The molecule has 0 saturated heterocycles. The molecule has 0 radical (unpaired) electrons. The Bertz CT molecular complexity index is 920. The summed E-state index contributed by atoms with van der Waals surface area (Å²) >= 11 is 0. The fourth-order valence-corrected chi connectivity index (χ4v) is 3.63. The van der Waals surface area contributed by atoms with Crippen LogP contribution in [0.25, 0.3) is 0 Å². The number of aliphatic carboxylic acids is 1. The van der Waals surface area contributed by atoms with E-state index in [1.807, 2.05) is 24.3 Å². The van der Waals surface area contributed by atoms with Gasteiger partial charge in [0.2, 0.25) is 5.89 Å². The number of carbonyl (C=O) groups is 1. The Morgan fingerprint density at radius 1 is 1.19 bits per heavy atom. The Balaban J connectivity index is 1.48. The number of carboxylic acid groups (broad SMARTS) is 1. The largest absolute Gasteiger partial charge is 0.490 e. The van der Waals surface area contributed by atoms with Crippen molar-refractivity contribution in [1.29, 1.82) is 0 Å². The number of hydrogen-bond donors (Lipinski definition) is 1. The van der Waals surface area contributed by atoms with E-state index in [4.69, 9.17) is 9.15 Å². The van der Waals surface area contributed by atoms with Crippen LogP contribution in [-0.4, -0.2) is 22.2 Å². The first-order valence-electron chi connectivity index (χ1n) is 9.06. The highest BCUT2D eigenvalue weighted by atomic mass is 16.5. The molecule has 0 amide bonds. The van der Waals surface area contributed by atoms with E-state index in [-0.39, 0.29) is 12.5 Å². The van der Waals surface area contributed by atoms with Crippen LogP contribution in [0.2, 0.25) is 0 Å². The molecule has 0 fully saturated rings. The average Bonchev–Trinajstić information content (AvgIpc) is 3.26.